The van der Waals surface area contributed by atoms with Crippen LogP contribution in [-0.2, 0) is 4.74 Å². The van der Waals surface area contributed by atoms with Crippen molar-refractivity contribution in [3.8, 4) is 0 Å². The van der Waals surface area contributed by atoms with Crippen molar-refractivity contribution in [3.63, 3.8) is 0 Å². The van der Waals surface area contributed by atoms with E-state index >= 15 is 0 Å². The van der Waals surface area contributed by atoms with Gasteiger partial charge in [0.25, 0.3) is 0 Å². The summed E-state index contributed by atoms with van der Waals surface area (Å²) in [5.74, 6) is 0.505. The minimum absolute atomic E-state index is 0.254. The maximum atomic E-state index is 12.0. The number of fused-ring (bicyclic) bond motifs is 1. The molecule has 1 saturated carbocycles. The molecule has 3 rings (SSSR count). The average Bonchev–Trinajstić information content (AvgIpc) is 2.74. The van der Waals surface area contributed by atoms with Crippen LogP contribution in [0.2, 0.25) is 0 Å². The predicted octanol–water partition coefficient (Wildman–Crippen LogP) is 3.10. The highest BCUT2D eigenvalue weighted by molar-refractivity contribution is 6.04. The number of anilines is 1. The van der Waals surface area contributed by atoms with Crippen molar-refractivity contribution >= 4 is 22.6 Å². The number of ether oxygens (including phenoxy) is 1. The summed E-state index contributed by atoms with van der Waals surface area (Å²) in [6.45, 7) is 0.519. The van der Waals surface area contributed by atoms with Gasteiger partial charge in [-0.15, -0.1) is 0 Å². The van der Waals surface area contributed by atoms with Gasteiger partial charge in [0.05, 0.1) is 12.2 Å². The fourth-order valence-electron chi connectivity index (χ4n) is 2.49. The lowest BCUT2D eigenvalue weighted by molar-refractivity contribution is 0.0466. The van der Waals surface area contributed by atoms with Crippen LogP contribution >= 0.6 is 0 Å². The molecule has 0 aliphatic heterocycles. The monoisotopic (exact) mass is 258 g/mol. The zero-order chi connectivity index (χ0) is 13.2. The molecule has 0 unspecified atom stereocenters. The summed E-state index contributed by atoms with van der Waals surface area (Å²) in [7, 11) is 0. The van der Waals surface area contributed by atoms with Gasteiger partial charge >= 0.3 is 5.97 Å². The second-order valence-corrected chi connectivity index (χ2v) is 5.23. The first-order valence-corrected chi connectivity index (χ1v) is 6.78. The van der Waals surface area contributed by atoms with E-state index in [1.807, 2.05) is 12.1 Å². The molecule has 1 fully saturated rings. The second-order valence-electron chi connectivity index (χ2n) is 5.23. The van der Waals surface area contributed by atoms with Gasteiger partial charge in [0.2, 0.25) is 0 Å². The number of carbonyl (C=O) groups excluding carboxylic acids is 1. The molecule has 1 aromatic heterocycles. The van der Waals surface area contributed by atoms with E-state index in [4.69, 9.17) is 10.5 Å². The Labute approximate surface area is 111 Å². The molecule has 4 heteroatoms. The van der Waals surface area contributed by atoms with E-state index in [9.17, 15) is 4.79 Å². The van der Waals surface area contributed by atoms with Crippen LogP contribution in [-0.4, -0.2) is 17.6 Å². The molecule has 1 heterocycles. The Morgan fingerprint density at radius 1 is 1.42 bits per heavy atom. The fourth-order valence-corrected chi connectivity index (χ4v) is 2.49. The number of esters is 1. The third-order valence-electron chi connectivity index (χ3n) is 3.91. The normalized spacial score (nSPS) is 15.4. The summed E-state index contributed by atoms with van der Waals surface area (Å²) >= 11 is 0. The number of nitrogens with one attached hydrogen (secondary N) is 1. The van der Waals surface area contributed by atoms with Gasteiger partial charge in [0.1, 0.15) is 0 Å². The summed E-state index contributed by atoms with van der Waals surface area (Å²) in [6.07, 6.45) is 6.56. The number of rotatable bonds is 4. The number of hydrogen-bond donors (Lipinski definition) is 2. The van der Waals surface area contributed by atoms with Crippen LogP contribution in [0.25, 0.3) is 10.9 Å². The van der Waals surface area contributed by atoms with Gasteiger partial charge in [-0.1, -0.05) is 19.3 Å². The van der Waals surface area contributed by atoms with E-state index in [2.05, 4.69) is 4.98 Å². The summed E-state index contributed by atoms with van der Waals surface area (Å²) in [5.41, 5.74) is 7.84. The smallest absolute Gasteiger partial charge is 0.340 e. The molecule has 1 aliphatic rings. The molecule has 1 aromatic carbocycles. The molecule has 0 saturated heterocycles. The first kappa shape index (κ1) is 12.1. The molecule has 1 aliphatic carbocycles. The van der Waals surface area contributed by atoms with Crippen LogP contribution in [0.1, 0.15) is 36.0 Å². The number of carbonyl (C=O) groups is 1. The lowest BCUT2D eigenvalue weighted by Crippen LogP contribution is -2.15. The van der Waals surface area contributed by atoms with Crippen molar-refractivity contribution in [3.05, 3.63) is 30.0 Å². The van der Waals surface area contributed by atoms with Crippen LogP contribution in [0.4, 0.5) is 5.69 Å². The van der Waals surface area contributed by atoms with Gasteiger partial charge in [-0.2, -0.15) is 0 Å². The van der Waals surface area contributed by atoms with Gasteiger partial charge in [-0.3, -0.25) is 0 Å². The Balaban J connectivity index is 1.67. The van der Waals surface area contributed by atoms with Crippen molar-refractivity contribution in [1.29, 1.82) is 0 Å². The molecule has 19 heavy (non-hydrogen) atoms. The van der Waals surface area contributed by atoms with E-state index in [0.717, 1.165) is 23.2 Å². The highest BCUT2D eigenvalue weighted by Crippen LogP contribution is 2.29. The van der Waals surface area contributed by atoms with Crippen molar-refractivity contribution < 1.29 is 9.53 Å². The van der Waals surface area contributed by atoms with Crippen LogP contribution in [0.15, 0.2) is 24.4 Å². The molecule has 3 N–H and O–H groups in total. The molecule has 0 radical (unpaired) electrons. The van der Waals surface area contributed by atoms with E-state index < -0.39 is 0 Å². The van der Waals surface area contributed by atoms with Gasteiger partial charge in [0, 0.05) is 22.8 Å². The van der Waals surface area contributed by atoms with Crippen molar-refractivity contribution in [2.24, 2.45) is 5.92 Å². The Morgan fingerprint density at radius 2 is 2.26 bits per heavy atom. The first-order chi connectivity index (χ1) is 9.24. The van der Waals surface area contributed by atoms with Crippen LogP contribution in [0.3, 0.4) is 0 Å². The van der Waals surface area contributed by atoms with Crippen LogP contribution < -0.4 is 5.73 Å². The number of aromatic amines is 1. The molecule has 0 atom stereocenters. The maximum Gasteiger partial charge on any atom is 0.340 e. The minimum Gasteiger partial charge on any atom is -0.462 e. The number of hydrogen-bond acceptors (Lipinski definition) is 3. The SMILES string of the molecule is Nc1ccc2c(C(=O)OCCC3CCC3)c[nH]c2c1. The molecule has 4 nitrogen and oxygen atoms in total. The number of aromatic nitrogens is 1. The summed E-state index contributed by atoms with van der Waals surface area (Å²) < 4.78 is 5.34. The zero-order valence-electron chi connectivity index (χ0n) is 10.8. The Hall–Kier alpha value is -1.97. The Morgan fingerprint density at radius 3 is 3.00 bits per heavy atom. The quantitative estimate of drug-likeness (QED) is 0.654. The van der Waals surface area contributed by atoms with E-state index in [0.29, 0.717) is 17.9 Å². The van der Waals surface area contributed by atoms with Gasteiger partial charge in [-0.25, -0.2) is 4.79 Å². The fraction of sp³-hybridized carbons (Fsp3) is 0.400. The van der Waals surface area contributed by atoms with Crippen LogP contribution in [0, 0.1) is 5.92 Å². The average molecular weight is 258 g/mol. The van der Waals surface area contributed by atoms with Crippen molar-refractivity contribution in [1.82, 2.24) is 4.98 Å². The largest absolute Gasteiger partial charge is 0.462 e. The van der Waals surface area contributed by atoms with Gasteiger partial charge < -0.3 is 15.5 Å². The summed E-state index contributed by atoms with van der Waals surface area (Å²) in [5, 5.41) is 0.864. The molecule has 0 spiro atoms. The van der Waals surface area contributed by atoms with E-state index in [1.54, 1.807) is 12.3 Å². The van der Waals surface area contributed by atoms with Crippen molar-refractivity contribution in [2.75, 3.05) is 12.3 Å². The number of H-pyrrole nitrogens is 1. The number of benzene rings is 1. The van der Waals surface area contributed by atoms with Crippen LogP contribution in [0.5, 0.6) is 0 Å². The highest BCUT2D eigenvalue weighted by atomic mass is 16.5. The zero-order valence-corrected chi connectivity index (χ0v) is 10.8. The van der Waals surface area contributed by atoms with E-state index in [-0.39, 0.29) is 5.97 Å². The Bertz CT molecular complexity index is 599. The lowest BCUT2D eigenvalue weighted by atomic mass is 9.83. The predicted molar refractivity (Wildman–Crippen MR) is 75.0 cm³/mol. The van der Waals surface area contributed by atoms with Gasteiger partial charge in [0.15, 0.2) is 0 Å². The molecular formula is C15H18N2O2. The first-order valence-electron chi connectivity index (χ1n) is 6.78. The maximum absolute atomic E-state index is 12.0. The number of nitrogens with two attached hydrogens (primary N) is 1. The second kappa shape index (κ2) is 4.96. The topological polar surface area (TPSA) is 68.1 Å². The summed E-state index contributed by atoms with van der Waals surface area (Å²) in [4.78, 5) is 15.1. The summed E-state index contributed by atoms with van der Waals surface area (Å²) in [6, 6.07) is 5.46. The molecule has 100 valence electrons. The Kier molecular flexibility index (Phi) is 3.15. The molecular weight excluding hydrogens is 240 g/mol. The lowest BCUT2D eigenvalue weighted by Gasteiger charge is -2.24. The van der Waals surface area contributed by atoms with E-state index in [1.165, 1.54) is 19.3 Å². The third-order valence-corrected chi connectivity index (χ3v) is 3.91. The minimum atomic E-state index is -0.254. The third kappa shape index (κ3) is 2.43. The molecule has 0 bridgehead atoms. The van der Waals surface area contributed by atoms with Crippen molar-refractivity contribution in [2.45, 2.75) is 25.7 Å². The van der Waals surface area contributed by atoms with Gasteiger partial charge in [-0.05, 0) is 30.5 Å². The molecule has 0 amide bonds. The number of nitrogen functional groups attached to an aromatic ring is 1. The molecule has 2 aromatic rings. The standard InChI is InChI=1S/C15H18N2O2/c16-11-4-5-12-13(9-17-14(12)8-11)15(18)19-7-6-10-2-1-3-10/h4-5,8-10,17H,1-3,6-7,16H2. The highest BCUT2D eigenvalue weighted by Gasteiger charge is 2.18.